The van der Waals surface area contributed by atoms with Crippen molar-refractivity contribution in [2.45, 2.75) is 30.5 Å². The molecule has 0 N–H and O–H groups in total. The second-order valence-electron chi connectivity index (χ2n) is 7.56. The quantitative estimate of drug-likeness (QED) is 0.319. The molecule has 0 fully saturated rings. The molecule has 2 aromatic carbocycles. The molecule has 0 aliphatic carbocycles. The number of benzene rings is 2. The molecule has 4 aromatic rings. The van der Waals surface area contributed by atoms with Crippen LogP contribution >= 0.6 is 11.8 Å². The van der Waals surface area contributed by atoms with E-state index in [0.717, 1.165) is 33.3 Å². The molecule has 0 saturated carbocycles. The molecule has 2 heterocycles. The maximum Gasteiger partial charge on any atom is 0.254 e. The Hall–Kier alpha value is -3.25. The summed E-state index contributed by atoms with van der Waals surface area (Å²) in [5, 5.41) is 0. The number of methoxy groups -OCH3 is 1. The van der Waals surface area contributed by atoms with Crippen LogP contribution in [-0.2, 0) is 5.75 Å². The molecule has 5 nitrogen and oxygen atoms in total. The number of carbonyl (C=O) groups is 1. The van der Waals surface area contributed by atoms with Gasteiger partial charge in [-0.05, 0) is 67.9 Å². The average Bonchev–Trinajstić information content (AvgIpc) is 3.26. The molecule has 0 saturated heterocycles. The second-order valence-corrected chi connectivity index (χ2v) is 8.60. The van der Waals surface area contributed by atoms with Gasteiger partial charge in [-0.3, -0.25) is 4.79 Å². The molecular weight excluding hydrogens is 418 g/mol. The Bertz CT molecular complexity index is 1170. The van der Waals surface area contributed by atoms with E-state index in [1.54, 1.807) is 18.9 Å². The van der Waals surface area contributed by atoms with E-state index >= 15 is 0 Å². The van der Waals surface area contributed by atoms with Crippen molar-refractivity contribution < 1.29 is 9.53 Å². The zero-order valence-electron chi connectivity index (χ0n) is 18.6. The number of thioether (sulfide) groups is 1. The largest absolute Gasteiger partial charge is 0.497 e. The number of pyridine rings is 1. The summed E-state index contributed by atoms with van der Waals surface area (Å²) in [6.07, 6.45) is 4.06. The van der Waals surface area contributed by atoms with Gasteiger partial charge in [0.2, 0.25) is 0 Å². The van der Waals surface area contributed by atoms with Gasteiger partial charge in [-0.1, -0.05) is 18.2 Å². The second kappa shape index (κ2) is 9.92. The number of rotatable bonds is 8. The first kappa shape index (κ1) is 22.0. The van der Waals surface area contributed by atoms with Gasteiger partial charge in [0.25, 0.3) is 5.91 Å². The van der Waals surface area contributed by atoms with E-state index in [1.165, 1.54) is 0 Å². The van der Waals surface area contributed by atoms with Crippen LogP contribution in [0.2, 0.25) is 0 Å². The topological polar surface area (TPSA) is 46.8 Å². The van der Waals surface area contributed by atoms with Crippen LogP contribution in [0.25, 0.3) is 5.65 Å². The van der Waals surface area contributed by atoms with E-state index in [-0.39, 0.29) is 11.9 Å². The summed E-state index contributed by atoms with van der Waals surface area (Å²) >= 11 is 1.72. The van der Waals surface area contributed by atoms with Crippen molar-refractivity contribution >= 4 is 23.3 Å². The van der Waals surface area contributed by atoms with Crippen LogP contribution in [0.15, 0.2) is 84.0 Å². The lowest BCUT2D eigenvalue weighted by Crippen LogP contribution is -2.33. The van der Waals surface area contributed by atoms with Crippen LogP contribution in [0, 0.1) is 0 Å². The zero-order chi connectivity index (χ0) is 22.5. The molecule has 1 atom stereocenters. The number of carbonyl (C=O) groups excluding carboxylic acids is 1. The highest BCUT2D eigenvalue weighted by Crippen LogP contribution is 2.27. The monoisotopic (exact) mass is 445 g/mol. The number of fused-ring (bicyclic) bond motifs is 1. The molecule has 0 radical (unpaired) electrons. The molecule has 164 valence electrons. The highest BCUT2D eigenvalue weighted by Gasteiger charge is 2.21. The van der Waals surface area contributed by atoms with Crippen LogP contribution in [0.4, 0.5) is 0 Å². The van der Waals surface area contributed by atoms with E-state index in [0.29, 0.717) is 12.1 Å². The minimum Gasteiger partial charge on any atom is -0.497 e. The summed E-state index contributed by atoms with van der Waals surface area (Å²) in [6, 6.07) is 21.7. The Morgan fingerprint density at radius 2 is 1.94 bits per heavy atom. The third-order valence-electron chi connectivity index (χ3n) is 5.55. The van der Waals surface area contributed by atoms with Crippen LogP contribution in [-0.4, -0.2) is 33.8 Å². The fraction of sp³-hybridized carbons (Fsp3) is 0.231. The lowest BCUT2D eigenvalue weighted by molar-refractivity contribution is 0.0702. The Labute approximate surface area is 193 Å². The average molecular weight is 446 g/mol. The fourth-order valence-electron chi connectivity index (χ4n) is 3.75. The van der Waals surface area contributed by atoms with Gasteiger partial charge in [-0.15, -0.1) is 11.8 Å². The molecule has 0 aliphatic rings. The third kappa shape index (κ3) is 4.81. The van der Waals surface area contributed by atoms with Crippen molar-refractivity contribution in [3.63, 3.8) is 0 Å². The molecule has 1 unspecified atom stereocenters. The number of aromatic nitrogens is 2. The first-order valence-electron chi connectivity index (χ1n) is 10.7. The number of amides is 1. The van der Waals surface area contributed by atoms with Gasteiger partial charge >= 0.3 is 0 Å². The minimum absolute atomic E-state index is 0.0275. The third-order valence-corrected chi connectivity index (χ3v) is 6.59. The standard InChI is InChI=1S/C26H27N3O2S/c1-4-29(19(2)21-8-7-9-23(16-21)31-3)26(30)20-11-13-24(14-12-20)32-18-22-17-28-15-6-5-10-25(28)27-22/h5-17,19H,4,18H2,1-3H3. The lowest BCUT2D eigenvalue weighted by atomic mass is 10.1. The zero-order valence-corrected chi connectivity index (χ0v) is 19.4. The first-order chi connectivity index (χ1) is 15.6. The van der Waals surface area contributed by atoms with Crippen molar-refractivity contribution in [1.29, 1.82) is 0 Å². The van der Waals surface area contributed by atoms with Crippen molar-refractivity contribution in [3.8, 4) is 5.75 Å². The van der Waals surface area contributed by atoms with Gasteiger partial charge < -0.3 is 14.0 Å². The molecule has 32 heavy (non-hydrogen) atoms. The maximum atomic E-state index is 13.2. The molecule has 0 spiro atoms. The molecule has 4 rings (SSSR count). The van der Waals surface area contributed by atoms with Crippen molar-refractivity contribution in [2.24, 2.45) is 0 Å². The number of hydrogen-bond donors (Lipinski definition) is 0. The number of imidazole rings is 1. The maximum absolute atomic E-state index is 13.2. The Morgan fingerprint density at radius 1 is 1.12 bits per heavy atom. The predicted octanol–water partition coefficient (Wildman–Crippen LogP) is 5.86. The van der Waals surface area contributed by atoms with Gasteiger partial charge in [-0.25, -0.2) is 4.98 Å². The molecular formula is C26H27N3O2S. The summed E-state index contributed by atoms with van der Waals surface area (Å²) < 4.78 is 7.37. The van der Waals surface area contributed by atoms with Crippen LogP contribution < -0.4 is 4.74 Å². The van der Waals surface area contributed by atoms with E-state index < -0.39 is 0 Å². The van der Waals surface area contributed by atoms with E-state index in [4.69, 9.17) is 4.74 Å². The number of ether oxygens (including phenoxy) is 1. The smallest absolute Gasteiger partial charge is 0.254 e. The van der Waals surface area contributed by atoms with Crippen LogP contribution in [0.1, 0.15) is 41.5 Å². The highest BCUT2D eigenvalue weighted by atomic mass is 32.2. The van der Waals surface area contributed by atoms with Gasteiger partial charge in [0.1, 0.15) is 11.4 Å². The molecule has 6 heteroatoms. The van der Waals surface area contributed by atoms with Crippen molar-refractivity contribution in [1.82, 2.24) is 14.3 Å². The molecule has 0 aliphatic heterocycles. The summed E-state index contributed by atoms with van der Waals surface area (Å²) in [5.74, 6) is 1.60. The molecule has 1 amide bonds. The van der Waals surface area contributed by atoms with E-state index in [9.17, 15) is 4.79 Å². The number of hydrogen-bond acceptors (Lipinski definition) is 4. The lowest BCUT2D eigenvalue weighted by Gasteiger charge is -2.29. The summed E-state index contributed by atoms with van der Waals surface area (Å²) in [6.45, 7) is 4.68. The van der Waals surface area contributed by atoms with E-state index in [2.05, 4.69) is 18.1 Å². The normalized spacial score (nSPS) is 12.0. The van der Waals surface area contributed by atoms with Crippen molar-refractivity contribution in [2.75, 3.05) is 13.7 Å². The number of nitrogens with zero attached hydrogens (tertiary/aromatic N) is 3. The Morgan fingerprint density at radius 3 is 2.66 bits per heavy atom. The van der Waals surface area contributed by atoms with Crippen LogP contribution in [0.3, 0.4) is 0 Å². The highest BCUT2D eigenvalue weighted by molar-refractivity contribution is 7.98. The Balaban J connectivity index is 1.42. The van der Waals surface area contributed by atoms with Gasteiger partial charge in [0.15, 0.2) is 0 Å². The molecule has 2 aromatic heterocycles. The fourth-order valence-corrected chi connectivity index (χ4v) is 4.53. The Kier molecular flexibility index (Phi) is 6.81. The summed E-state index contributed by atoms with van der Waals surface area (Å²) in [5.41, 5.74) is 3.73. The minimum atomic E-state index is -0.0494. The SMILES string of the molecule is CCN(C(=O)c1ccc(SCc2cn3ccccc3n2)cc1)C(C)c1cccc(OC)c1. The van der Waals surface area contributed by atoms with Gasteiger partial charge in [0, 0.05) is 35.2 Å². The summed E-state index contributed by atoms with van der Waals surface area (Å²) in [4.78, 5) is 20.8. The van der Waals surface area contributed by atoms with Gasteiger partial charge in [-0.2, -0.15) is 0 Å². The van der Waals surface area contributed by atoms with Crippen LogP contribution in [0.5, 0.6) is 5.75 Å². The predicted molar refractivity (Wildman–Crippen MR) is 129 cm³/mol. The first-order valence-corrected chi connectivity index (χ1v) is 11.7. The van der Waals surface area contributed by atoms with E-state index in [1.807, 2.05) is 89.2 Å². The van der Waals surface area contributed by atoms with Gasteiger partial charge in [0.05, 0.1) is 18.8 Å². The molecule has 0 bridgehead atoms. The van der Waals surface area contributed by atoms with Crippen molar-refractivity contribution in [3.05, 3.63) is 95.9 Å². The summed E-state index contributed by atoms with van der Waals surface area (Å²) in [7, 11) is 1.65.